The van der Waals surface area contributed by atoms with Gasteiger partial charge >= 0.3 is 0 Å². The van der Waals surface area contributed by atoms with Gasteiger partial charge in [0.05, 0.1) is 0 Å². The van der Waals surface area contributed by atoms with Crippen molar-refractivity contribution < 1.29 is 4.39 Å². The van der Waals surface area contributed by atoms with Crippen molar-refractivity contribution in [1.82, 2.24) is 10.2 Å². The number of halogens is 1. The van der Waals surface area contributed by atoms with Gasteiger partial charge in [0.25, 0.3) is 0 Å². The highest BCUT2D eigenvalue weighted by molar-refractivity contribution is 5.30. The summed E-state index contributed by atoms with van der Waals surface area (Å²) in [5.74, 6) is -0.0586. The highest BCUT2D eigenvalue weighted by atomic mass is 19.1. The molecule has 0 aliphatic carbocycles. The molecule has 0 spiro atoms. The van der Waals surface area contributed by atoms with Crippen LogP contribution in [0.15, 0.2) is 12.1 Å². The van der Waals surface area contributed by atoms with Crippen molar-refractivity contribution in [1.29, 1.82) is 0 Å². The van der Waals surface area contributed by atoms with Gasteiger partial charge in [-0.2, -0.15) is 0 Å². The van der Waals surface area contributed by atoms with Crippen molar-refractivity contribution in [2.45, 2.75) is 52.6 Å². The van der Waals surface area contributed by atoms with E-state index in [1.807, 2.05) is 26.0 Å². The van der Waals surface area contributed by atoms with Gasteiger partial charge in [-0.15, -0.1) is 0 Å². The lowest BCUT2D eigenvalue weighted by molar-refractivity contribution is 0.224. The Morgan fingerprint density at radius 1 is 1.25 bits per heavy atom. The van der Waals surface area contributed by atoms with Gasteiger partial charge in [-0.1, -0.05) is 19.1 Å². The van der Waals surface area contributed by atoms with Crippen molar-refractivity contribution in [3.05, 3.63) is 34.6 Å². The SMILES string of the molecule is CCC1CCN(Cc2cc(C)c(F)c(C)c2)CCCN1. The van der Waals surface area contributed by atoms with Gasteiger partial charge in [0.1, 0.15) is 5.82 Å². The molecule has 2 rings (SSSR count). The first kappa shape index (κ1) is 15.5. The van der Waals surface area contributed by atoms with Gasteiger partial charge in [-0.25, -0.2) is 4.39 Å². The monoisotopic (exact) mass is 278 g/mol. The number of nitrogens with one attached hydrogen (secondary N) is 1. The van der Waals surface area contributed by atoms with E-state index in [-0.39, 0.29) is 5.82 Å². The molecule has 1 aromatic carbocycles. The predicted octanol–water partition coefficient (Wildman–Crippen LogP) is 3.41. The molecule has 1 aliphatic heterocycles. The van der Waals surface area contributed by atoms with Crippen LogP contribution in [-0.2, 0) is 6.54 Å². The van der Waals surface area contributed by atoms with Gasteiger partial charge in [0.15, 0.2) is 0 Å². The molecular weight excluding hydrogens is 251 g/mol. The molecule has 0 bridgehead atoms. The van der Waals surface area contributed by atoms with Crippen molar-refractivity contribution in [2.24, 2.45) is 0 Å². The average molecular weight is 278 g/mol. The van der Waals surface area contributed by atoms with Crippen molar-refractivity contribution in [2.75, 3.05) is 19.6 Å². The standard InChI is InChI=1S/C17H27FN2/c1-4-16-6-9-20(8-5-7-19-16)12-15-10-13(2)17(18)14(3)11-15/h10-11,16,19H,4-9,12H2,1-3H3. The number of hydrogen-bond donors (Lipinski definition) is 1. The molecule has 1 saturated heterocycles. The topological polar surface area (TPSA) is 15.3 Å². The maximum Gasteiger partial charge on any atom is 0.129 e. The zero-order valence-electron chi connectivity index (χ0n) is 13.0. The fourth-order valence-corrected chi connectivity index (χ4v) is 3.05. The molecule has 3 heteroatoms. The zero-order valence-corrected chi connectivity index (χ0v) is 13.0. The maximum atomic E-state index is 13.7. The minimum atomic E-state index is -0.0586. The van der Waals surface area contributed by atoms with Crippen molar-refractivity contribution in [3.8, 4) is 0 Å². The van der Waals surface area contributed by atoms with Crippen LogP contribution in [0.4, 0.5) is 4.39 Å². The Bertz CT molecular complexity index is 422. The molecule has 0 radical (unpaired) electrons. The molecule has 0 saturated carbocycles. The first-order valence-corrected chi connectivity index (χ1v) is 7.81. The fraction of sp³-hybridized carbons (Fsp3) is 0.647. The van der Waals surface area contributed by atoms with E-state index in [9.17, 15) is 4.39 Å². The normalized spacial score (nSPS) is 21.5. The Hall–Kier alpha value is -0.930. The third-order valence-corrected chi connectivity index (χ3v) is 4.27. The summed E-state index contributed by atoms with van der Waals surface area (Å²) in [5, 5.41) is 3.61. The van der Waals surface area contributed by atoms with E-state index in [1.165, 1.54) is 24.8 Å². The lowest BCUT2D eigenvalue weighted by atomic mass is 10.0. The molecule has 112 valence electrons. The molecule has 1 aromatic rings. The molecule has 1 atom stereocenters. The number of rotatable bonds is 3. The third kappa shape index (κ3) is 4.03. The largest absolute Gasteiger partial charge is 0.314 e. The number of aryl methyl sites for hydroxylation is 2. The second-order valence-corrected chi connectivity index (χ2v) is 6.02. The van der Waals surface area contributed by atoms with Gasteiger partial charge in [-0.3, -0.25) is 4.90 Å². The summed E-state index contributed by atoms with van der Waals surface area (Å²) in [5.41, 5.74) is 2.77. The minimum Gasteiger partial charge on any atom is -0.314 e. The lowest BCUT2D eigenvalue weighted by Gasteiger charge is -2.29. The summed E-state index contributed by atoms with van der Waals surface area (Å²) in [6, 6.07) is 4.64. The van der Waals surface area contributed by atoms with Crippen LogP contribution in [0.2, 0.25) is 0 Å². The second kappa shape index (κ2) is 7.19. The van der Waals surface area contributed by atoms with Crippen molar-refractivity contribution >= 4 is 0 Å². The molecule has 1 aliphatic rings. The summed E-state index contributed by atoms with van der Waals surface area (Å²) < 4.78 is 13.7. The van der Waals surface area contributed by atoms with E-state index in [4.69, 9.17) is 0 Å². The summed E-state index contributed by atoms with van der Waals surface area (Å²) in [6.45, 7) is 10.3. The van der Waals surface area contributed by atoms with E-state index in [0.717, 1.165) is 37.3 Å². The molecule has 0 amide bonds. The van der Waals surface area contributed by atoms with Crippen LogP contribution in [0.5, 0.6) is 0 Å². The molecule has 2 nitrogen and oxygen atoms in total. The maximum absolute atomic E-state index is 13.7. The Kier molecular flexibility index (Phi) is 5.55. The summed E-state index contributed by atoms with van der Waals surface area (Å²) in [4.78, 5) is 2.51. The number of hydrogen-bond acceptors (Lipinski definition) is 2. The molecule has 1 heterocycles. The zero-order chi connectivity index (χ0) is 14.5. The summed E-state index contributed by atoms with van der Waals surface area (Å²) >= 11 is 0. The highest BCUT2D eigenvalue weighted by Crippen LogP contribution is 2.17. The van der Waals surface area contributed by atoms with E-state index < -0.39 is 0 Å². The fourth-order valence-electron chi connectivity index (χ4n) is 3.05. The van der Waals surface area contributed by atoms with Gasteiger partial charge in [-0.05, 0) is 69.4 Å². The van der Waals surface area contributed by atoms with Crippen LogP contribution >= 0.6 is 0 Å². The molecule has 1 N–H and O–H groups in total. The third-order valence-electron chi connectivity index (χ3n) is 4.27. The first-order chi connectivity index (χ1) is 9.60. The Morgan fingerprint density at radius 2 is 1.95 bits per heavy atom. The molecule has 0 aromatic heterocycles. The van der Waals surface area contributed by atoms with Crippen LogP contribution in [0.1, 0.15) is 42.9 Å². The minimum absolute atomic E-state index is 0.0586. The van der Waals surface area contributed by atoms with Crippen LogP contribution < -0.4 is 5.32 Å². The predicted molar refractivity (Wildman–Crippen MR) is 82.5 cm³/mol. The van der Waals surface area contributed by atoms with Crippen molar-refractivity contribution in [3.63, 3.8) is 0 Å². The second-order valence-electron chi connectivity index (χ2n) is 6.02. The Morgan fingerprint density at radius 3 is 2.60 bits per heavy atom. The smallest absolute Gasteiger partial charge is 0.129 e. The Labute approximate surface area is 122 Å². The Balaban J connectivity index is 2.01. The van der Waals surface area contributed by atoms with E-state index in [1.54, 1.807) is 0 Å². The average Bonchev–Trinajstić information content (AvgIpc) is 2.39. The van der Waals surface area contributed by atoms with Crippen LogP contribution in [0.3, 0.4) is 0 Å². The molecule has 20 heavy (non-hydrogen) atoms. The quantitative estimate of drug-likeness (QED) is 0.911. The van der Waals surface area contributed by atoms with E-state index in [0.29, 0.717) is 6.04 Å². The van der Waals surface area contributed by atoms with Gasteiger partial charge < -0.3 is 5.32 Å². The summed E-state index contributed by atoms with van der Waals surface area (Å²) in [6.07, 6.45) is 3.59. The molecule has 1 unspecified atom stereocenters. The van der Waals surface area contributed by atoms with E-state index >= 15 is 0 Å². The van der Waals surface area contributed by atoms with Gasteiger partial charge in [0.2, 0.25) is 0 Å². The summed E-state index contributed by atoms with van der Waals surface area (Å²) in [7, 11) is 0. The van der Waals surface area contributed by atoms with Crippen LogP contribution in [-0.4, -0.2) is 30.6 Å². The van der Waals surface area contributed by atoms with Crippen LogP contribution in [0, 0.1) is 19.7 Å². The van der Waals surface area contributed by atoms with E-state index in [2.05, 4.69) is 17.1 Å². The van der Waals surface area contributed by atoms with Gasteiger partial charge in [0, 0.05) is 12.6 Å². The first-order valence-electron chi connectivity index (χ1n) is 7.81. The lowest BCUT2D eigenvalue weighted by Crippen LogP contribution is -2.39. The van der Waals surface area contributed by atoms with Crippen LogP contribution in [0.25, 0.3) is 0 Å². The molecular formula is C17H27FN2. The number of nitrogens with zero attached hydrogens (tertiary/aromatic N) is 1. The highest BCUT2D eigenvalue weighted by Gasteiger charge is 2.14. The molecule has 1 fully saturated rings. The number of benzene rings is 1.